The molecule has 0 atom stereocenters. The van der Waals surface area contributed by atoms with Crippen molar-refractivity contribution in [3.63, 3.8) is 0 Å². The van der Waals surface area contributed by atoms with Crippen LogP contribution in [0, 0.1) is 0 Å². The number of fused-ring (bicyclic) bond motifs is 2. The summed E-state index contributed by atoms with van der Waals surface area (Å²) in [4.78, 5) is 21.4. The van der Waals surface area contributed by atoms with Gasteiger partial charge in [0, 0.05) is 54.0 Å². The molecule has 0 unspecified atom stereocenters. The van der Waals surface area contributed by atoms with E-state index in [-0.39, 0.29) is 6.09 Å². The van der Waals surface area contributed by atoms with Crippen LogP contribution in [0.25, 0.3) is 0 Å². The van der Waals surface area contributed by atoms with Crippen molar-refractivity contribution in [3.8, 4) is 0 Å². The van der Waals surface area contributed by atoms with Gasteiger partial charge in [-0.3, -0.25) is 4.90 Å². The summed E-state index contributed by atoms with van der Waals surface area (Å²) in [6.45, 7) is 13.1. The molecular formula is C28H38ClN3O3S2. The Morgan fingerprint density at radius 2 is 1.70 bits per heavy atom. The lowest BCUT2D eigenvalue weighted by molar-refractivity contribution is -0.0284. The second-order valence-electron chi connectivity index (χ2n) is 10.7. The lowest BCUT2D eigenvalue weighted by Gasteiger charge is -2.37. The molecular weight excluding hydrogens is 526 g/mol. The number of benzene rings is 2. The Bertz CT molecular complexity index is 1080. The van der Waals surface area contributed by atoms with Gasteiger partial charge < -0.3 is 19.3 Å². The molecule has 9 heteroatoms. The molecule has 0 radical (unpaired) electrons. The molecule has 2 heterocycles. The Hall–Kier alpha value is -1.58. The average Bonchev–Trinajstić information content (AvgIpc) is 2.83. The number of anilines is 2. The van der Waals surface area contributed by atoms with Crippen LogP contribution < -0.4 is 4.90 Å². The zero-order valence-electron chi connectivity index (χ0n) is 22.2. The SMILES string of the molecule is CC(C)(S)OCCC(C)(C)OC(=O)N1CCN(CCCN2c3ccccc3Sc3ccc(Cl)cc32)CC1. The highest BCUT2D eigenvalue weighted by molar-refractivity contribution is 7.99. The van der Waals surface area contributed by atoms with E-state index in [4.69, 9.17) is 21.1 Å². The Morgan fingerprint density at radius 3 is 2.43 bits per heavy atom. The molecule has 0 aromatic heterocycles. The van der Waals surface area contributed by atoms with Crippen LogP contribution in [0.3, 0.4) is 0 Å². The van der Waals surface area contributed by atoms with E-state index >= 15 is 0 Å². The summed E-state index contributed by atoms with van der Waals surface area (Å²) in [6, 6.07) is 14.7. The molecule has 0 saturated carbocycles. The van der Waals surface area contributed by atoms with E-state index in [1.165, 1.54) is 21.2 Å². The van der Waals surface area contributed by atoms with E-state index in [0.29, 0.717) is 26.1 Å². The van der Waals surface area contributed by atoms with Gasteiger partial charge >= 0.3 is 6.09 Å². The third kappa shape index (κ3) is 7.96. The van der Waals surface area contributed by atoms with Crippen LogP contribution in [0.15, 0.2) is 52.3 Å². The van der Waals surface area contributed by atoms with Crippen LogP contribution in [0.2, 0.25) is 5.02 Å². The third-order valence-corrected chi connectivity index (χ3v) is 8.09. The molecule has 0 spiro atoms. The second-order valence-corrected chi connectivity index (χ2v) is 13.3. The van der Waals surface area contributed by atoms with Crippen molar-refractivity contribution in [1.82, 2.24) is 9.80 Å². The fourth-order valence-electron chi connectivity index (χ4n) is 4.55. The first-order valence-corrected chi connectivity index (χ1v) is 14.6. The fourth-order valence-corrected chi connectivity index (χ4v) is 5.88. The molecule has 6 nitrogen and oxygen atoms in total. The number of thiol groups is 1. The average molecular weight is 564 g/mol. The maximum Gasteiger partial charge on any atom is 0.410 e. The number of hydrogen-bond donors (Lipinski definition) is 1. The minimum Gasteiger partial charge on any atom is -0.443 e. The molecule has 37 heavy (non-hydrogen) atoms. The maximum absolute atomic E-state index is 12.8. The molecule has 1 fully saturated rings. The van der Waals surface area contributed by atoms with Gasteiger partial charge in [-0.1, -0.05) is 35.5 Å². The predicted molar refractivity (Wildman–Crippen MR) is 156 cm³/mol. The number of hydrogen-bond acceptors (Lipinski definition) is 7. The van der Waals surface area contributed by atoms with Crippen LogP contribution in [-0.2, 0) is 9.47 Å². The van der Waals surface area contributed by atoms with Crippen molar-refractivity contribution in [3.05, 3.63) is 47.5 Å². The molecule has 2 aromatic rings. The van der Waals surface area contributed by atoms with Gasteiger partial charge in [-0.05, 0) is 71.0 Å². The van der Waals surface area contributed by atoms with Gasteiger partial charge in [0.1, 0.15) is 10.5 Å². The van der Waals surface area contributed by atoms with E-state index < -0.39 is 10.5 Å². The van der Waals surface area contributed by atoms with E-state index in [9.17, 15) is 4.79 Å². The van der Waals surface area contributed by atoms with Crippen molar-refractivity contribution in [2.45, 2.75) is 60.9 Å². The van der Waals surface area contributed by atoms with Crippen molar-refractivity contribution in [1.29, 1.82) is 0 Å². The summed E-state index contributed by atoms with van der Waals surface area (Å²) >= 11 is 12.5. The molecule has 2 aromatic carbocycles. The second kappa shape index (κ2) is 12.1. The standard InChI is InChI=1S/C28H38ClN3O3S2/c1-27(2,12-19-34-28(3,4)36)35-26(33)31-17-15-30(16-18-31)13-7-14-32-22-8-5-6-9-24(22)37-25-11-10-21(29)20-23(25)32/h5-6,8-11,20,36H,7,12-19H2,1-4H3. The number of carbonyl (C=O) groups excluding carboxylic acids is 1. The maximum atomic E-state index is 12.8. The zero-order valence-corrected chi connectivity index (χ0v) is 24.7. The summed E-state index contributed by atoms with van der Waals surface area (Å²) in [7, 11) is 0. The highest BCUT2D eigenvalue weighted by Crippen LogP contribution is 2.48. The van der Waals surface area contributed by atoms with Crippen LogP contribution in [0.1, 0.15) is 40.5 Å². The molecule has 2 aliphatic heterocycles. The Labute approximate surface area is 236 Å². The number of halogens is 1. The molecule has 1 amide bonds. The molecule has 2 aliphatic rings. The smallest absolute Gasteiger partial charge is 0.410 e. The Kier molecular flexibility index (Phi) is 9.28. The molecule has 0 aliphatic carbocycles. The fraction of sp³-hybridized carbons (Fsp3) is 0.536. The summed E-state index contributed by atoms with van der Waals surface area (Å²) in [5.41, 5.74) is 1.82. The minimum atomic E-state index is -0.588. The summed E-state index contributed by atoms with van der Waals surface area (Å²) in [5.74, 6) is 0. The number of para-hydroxylation sites is 1. The van der Waals surface area contributed by atoms with Gasteiger partial charge in [-0.15, -0.1) is 12.6 Å². The number of amides is 1. The largest absolute Gasteiger partial charge is 0.443 e. The van der Waals surface area contributed by atoms with Crippen LogP contribution in [-0.4, -0.2) is 72.3 Å². The summed E-state index contributed by atoms with van der Waals surface area (Å²) in [6.07, 6.45) is 1.39. The predicted octanol–water partition coefficient (Wildman–Crippen LogP) is 6.94. The van der Waals surface area contributed by atoms with Gasteiger partial charge in [0.2, 0.25) is 0 Å². The van der Waals surface area contributed by atoms with E-state index in [1.807, 2.05) is 38.7 Å². The summed E-state index contributed by atoms with van der Waals surface area (Å²) < 4.78 is 11.5. The number of piperazine rings is 1. The van der Waals surface area contributed by atoms with E-state index in [0.717, 1.165) is 37.6 Å². The first-order valence-electron chi connectivity index (χ1n) is 12.9. The first-order chi connectivity index (χ1) is 17.5. The van der Waals surface area contributed by atoms with Crippen LogP contribution >= 0.6 is 36.0 Å². The molecule has 1 saturated heterocycles. The van der Waals surface area contributed by atoms with Crippen molar-refractivity contribution < 1.29 is 14.3 Å². The molecule has 0 bridgehead atoms. The number of nitrogens with zero attached hydrogens (tertiary/aromatic N) is 3. The van der Waals surface area contributed by atoms with Gasteiger partial charge in [-0.25, -0.2) is 4.79 Å². The quantitative estimate of drug-likeness (QED) is 0.263. The highest BCUT2D eigenvalue weighted by Gasteiger charge is 2.29. The van der Waals surface area contributed by atoms with Crippen molar-refractivity contribution in [2.75, 3.05) is 50.8 Å². The lowest BCUT2D eigenvalue weighted by atomic mass is 10.1. The lowest BCUT2D eigenvalue weighted by Crippen LogP contribution is -2.50. The molecule has 4 rings (SSSR count). The van der Waals surface area contributed by atoms with Crippen molar-refractivity contribution in [2.24, 2.45) is 0 Å². The summed E-state index contributed by atoms with van der Waals surface area (Å²) in [5, 5.41) is 0.757. The van der Waals surface area contributed by atoms with E-state index in [2.05, 4.69) is 58.8 Å². The first kappa shape index (κ1) is 28.4. The zero-order chi connectivity index (χ0) is 26.6. The van der Waals surface area contributed by atoms with Crippen LogP contribution in [0.5, 0.6) is 0 Å². The Balaban J connectivity index is 1.24. The third-order valence-electron chi connectivity index (χ3n) is 6.60. The van der Waals surface area contributed by atoms with Gasteiger partial charge in [0.25, 0.3) is 0 Å². The normalized spacial score (nSPS) is 16.4. The van der Waals surface area contributed by atoms with Gasteiger partial charge in [0.15, 0.2) is 0 Å². The van der Waals surface area contributed by atoms with Crippen LogP contribution in [0.4, 0.5) is 16.2 Å². The van der Waals surface area contributed by atoms with Gasteiger partial charge in [-0.2, -0.15) is 0 Å². The van der Waals surface area contributed by atoms with E-state index in [1.54, 1.807) is 11.8 Å². The monoisotopic (exact) mass is 563 g/mol. The van der Waals surface area contributed by atoms with Gasteiger partial charge in [0.05, 0.1) is 18.0 Å². The van der Waals surface area contributed by atoms with Crippen molar-refractivity contribution >= 4 is 53.5 Å². The Morgan fingerprint density at radius 1 is 1.00 bits per heavy atom. The molecule has 202 valence electrons. The minimum absolute atomic E-state index is 0.245. The number of carbonyl (C=O) groups is 1. The topological polar surface area (TPSA) is 45.3 Å². The number of rotatable bonds is 9. The number of ether oxygens (including phenoxy) is 2. The highest BCUT2D eigenvalue weighted by atomic mass is 35.5. The molecule has 0 N–H and O–H groups in total.